The molecular formula is C21H34N4O. The fourth-order valence-electron chi connectivity index (χ4n) is 4.05. The Balaban J connectivity index is 1.37. The van der Waals surface area contributed by atoms with Crippen molar-refractivity contribution in [2.24, 2.45) is 0 Å². The summed E-state index contributed by atoms with van der Waals surface area (Å²) in [7, 11) is 0. The van der Waals surface area contributed by atoms with Crippen molar-refractivity contribution in [2.45, 2.75) is 32.2 Å². The average molecular weight is 359 g/mol. The van der Waals surface area contributed by atoms with Gasteiger partial charge in [0.15, 0.2) is 0 Å². The lowest BCUT2D eigenvalue weighted by atomic mass is 10.0. The fraction of sp³-hybridized carbons (Fsp3) is 0.667. The number of amides is 1. The zero-order chi connectivity index (χ0) is 18.2. The molecule has 0 saturated carbocycles. The number of benzene rings is 1. The second-order valence-corrected chi connectivity index (χ2v) is 7.65. The third-order valence-electron chi connectivity index (χ3n) is 5.71. The predicted molar refractivity (Wildman–Crippen MR) is 106 cm³/mol. The minimum atomic E-state index is 0.199. The summed E-state index contributed by atoms with van der Waals surface area (Å²) < 4.78 is 0. The first-order valence-electron chi connectivity index (χ1n) is 10.2. The maximum Gasteiger partial charge on any atom is 0.234 e. The van der Waals surface area contributed by atoms with Crippen LogP contribution >= 0.6 is 0 Å². The van der Waals surface area contributed by atoms with Gasteiger partial charge in [-0.3, -0.25) is 9.69 Å². The molecule has 5 nitrogen and oxygen atoms in total. The topological polar surface area (TPSA) is 38.8 Å². The number of hydrogen-bond acceptors (Lipinski definition) is 4. The van der Waals surface area contributed by atoms with Crippen LogP contribution < -0.4 is 5.32 Å². The van der Waals surface area contributed by atoms with Gasteiger partial charge in [0.05, 0.1) is 6.54 Å². The molecule has 2 fully saturated rings. The summed E-state index contributed by atoms with van der Waals surface area (Å²) in [4.78, 5) is 19.7. The van der Waals surface area contributed by atoms with Crippen molar-refractivity contribution < 1.29 is 4.79 Å². The molecule has 2 aliphatic rings. The zero-order valence-corrected chi connectivity index (χ0v) is 16.2. The van der Waals surface area contributed by atoms with Crippen molar-refractivity contribution in [2.75, 3.05) is 58.9 Å². The summed E-state index contributed by atoms with van der Waals surface area (Å²) >= 11 is 0. The molecule has 0 aliphatic carbocycles. The lowest BCUT2D eigenvalue weighted by Gasteiger charge is -2.35. The van der Waals surface area contributed by atoms with Crippen molar-refractivity contribution in [3.63, 3.8) is 0 Å². The molecular weight excluding hydrogens is 324 g/mol. The smallest absolute Gasteiger partial charge is 0.234 e. The highest BCUT2D eigenvalue weighted by Gasteiger charge is 2.23. The van der Waals surface area contributed by atoms with Crippen molar-refractivity contribution >= 4 is 5.91 Å². The van der Waals surface area contributed by atoms with Gasteiger partial charge in [-0.05, 0) is 37.9 Å². The number of nitrogens with zero attached hydrogens (tertiary/aromatic N) is 3. The van der Waals surface area contributed by atoms with Gasteiger partial charge in [-0.1, -0.05) is 37.3 Å². The number of carbonyl (C=O) groups is 1. The molecule has 2 heterocycles. The Morgan fingerprint density at radius 1 is 1.04 bits per heavy atom. The van der Waals surface area contributed by atoms with E-state index in [9.17, 15) is 4.79 Å². The Labute approximate surface area is 158 Å². The summed E-state index contributed by atoms with van der Waals surface area (Å²) in [6.45, 7) is 11.3. The quantitative estimate of drug-likeness (QED) is 0.801. The van der Waals surface area contributed by atoms with Gasteiger partial charge in [-0.15, -0.1) is 0 Å². The van der Waals surface area contributed by atoms with Gasteiger partial charge in [0, 0.05) is 45.3 Å². The molecule has 1 atom stereocenters. The number of nitrogens with one attached hydrogen (secondary N) is 1. The van der Waals surface area contributed by atoms with Crippen LogP contribution in [0.1, 0.15) is 25.3 Å². The van der Waals surface area contributed by atoms with Crippen LogP contribution in [0.3, 0.4) is 0 Å². The van der Waals surface area contributed by atoms with Gasteiger partial charge in [0.1, 0.15) is 0 Å². The van der Waals surface area contributed by atoms with Crippen molar-refractivity contribution in [3.05, 3.63) is 35.9 Å². The van der Waals surface area contributed by atoms with Crippen LogP contribution in [0.15, 0.2) is 30.3 Å². The molecule has 2 saturated heterocycles. The van der Waals surface area contributed by atoms with Crippen LogP contribution in [0.4, 0.5) is 0 Å². The summed E-state index contributed by atoms with van der Waals surface area (Å²) in [5, 5.41) is 3.28. The maximum atomic E-state index is 12.4. The van der Waals surface area contributed by atoms with E-state index in [-0.39, 0.29) is 5.91 Å². The van der Waals surface area contributed by atoms with E-state index in [1.54, 1.807) is 0 Å². The highest BCUT2D eigenvalue weighted by Crippen LogP contribution is 2.11. The number of rotatable bonds is 7. The van der Waals surface area contributed by atoms with Gasteiger partial charge in [0.2, 0.25) is 5.91 Å². The zero-order valence-electron chi connectivity index (χ0n) is 16.2. The Morgan fingerprint density at radius 3 is 2.50 bits per heavy atom. The van der Waals surface area contributed by atoms with E-state index in [1.165, 1.54) is 12.0 Å². The molecule has 26 heavy (non-hydrogen) atoms. The molecule has 1 aromatic rings. The number of piperidine rings is 1. The summed E-state index contributed by atoms with van der Waals surface area (Å²) in [6, 6.07) is 11.0. The van der Waals surface area contributed by atoms with Gasteiger partial charge in [0.25, 0.3) is 0 Å². The van der Waals surface area contributed by atoms with Gasteiger partial charge in [-0.2, -0.15) is 0 Å². The number of likely N-dealkylation sites (tertiary alicyclic amines) is 1. The lowest BCUT2D eigenvalue weighted by Crippen LogP contribution is -2.53. The molecule has 144 valence electrons. The first kappa shape index (κ1) is 19.3. The molecule has 0 spiro atoms. The number of carbonyl (C=O) groups excluding carboxylic acids is 1. The first-order chi connectivity index (χ1) is 12.7. The fourth-order valence-corrected chi connectivity index (χ4v) is 4.05. The van der Waals surface area contributed by atoms with Crippen LogP contribution in [0, 0.1) is 0 Å². The van der Waals surface area contributed by atoms with Gasteiger partial charge < -0.3 is 15.1 Å². The van der Waals surface area contributed by atoms with E-state index in [1.807, 2.05) is 0 Å². The van der Waals surface area contributed by atoms with Crippen LogP contribution in [0.25, 0.3) is 0 Å². The molecule has 1 unspecified atom stereocenters. The van der Waals surface area contributed by atoms with Crippen molar-refractivity contribution in [1.29, 1.82) is 0 Å². The first-order valence-corrected chi connectivity index (χ1v) is 10.2. The summed E-state index contributed by atoms with van der Waals surface area (Å²) in [5.41, 5.74) is 1.39. The number of likely N-dealkylation sites (N-methyl/N-ethyl adjacent to an activating group) is 1. The minimum Gasteiger partial charge on any atom is -0.351 e. The molecule has 1 amide bonds. The van der Waals surface area contributed by atoms with Crippen LogP contribution in [-0.4, -0.2) is 85.6 Å². The van der Waals surface area contributed by atoms with E-state index < -0.39 is 0 Å². The Hall–Kier alpha value is -1.43. The van der Waals surface area contributed by atoms with Gasteiger partial charge >= 0.3 is 0 Å². The largest absolute Gasteiger partial charge is 0.351 e. The molecule has 3 rings (SSSR count). The highest BCUT2D eigenvalue weighted by atomic mass is 16.2. The van der Waals surface area contributed by atoms with E-state index in [2.05, 4.69) is 57.3 Å². The standard InChI is InChI=1S/C21H34N4O/c1-2-23-13-15-25(16-14-23)18-21(26)22-20-9-6-11-24(17-20)12-10-19-7-4-3-5-8-19/h3-5,7-8,20H,2,6,9-18H2,1H3,(H,22,26). The van der Waals surface area contributed by atoms with E-state index in [4.69, 9.17) is 0 Å². The molecule has 0 aromatic heterocycles. The number of hydrogen-bond donors (Lipinski definition) is 1. The van der Waals surface area contributed by atoms with E-state index in [0.29, 0.717) is 12.6 Å². The molecule has 2 aliphatic heterocycles. The van der Waals surface area contributed by atoms with Crippen molar-refractivity contribution in [1.82, 2.24) is 20.0 Å². The minimum absolute atomic E-state index is 0.199. The monoisotopic (exact) mass is 358 g/mol. The lowest BCUT2D eigenvalue weighted by molar-refractivity contribution is -0.123. The molecule has 0 bridgehead atoms. The van der Waals surface area contributed by atoms with E-state index >= 15 is 0 Å². The number of piperazine rings is 1. The average Bonchev–Trinajstić information content (AvgIpc) is 2.68. The summed E-state index contributed by atoms with van der Waals surface area (Å²) in [6.07, 6.45) is 3.37. The van der Waals surface area contributed by atoms with Crippen molar-refractivity contribution in [3.8, 4) is 0 Å². The van der Waals surface area contributed by atoms with Crippen LogP contribution in [0.2, 0.25) is 0 Å². The second-order valence-electron chi connectivity index (χ2n) is 7.65. The Kier molecular flexibility index (Phi) is 7.47. The van der Waals surface area contributed by atoms with Crippen LogP contribution in [0.5, 0.6) is 0 Å². The summed E-state index contributed by atoms with van der Waals surface area (Å²) in [5.74, 6) is 0.199. The Bertz CT molecular complexity index is 542. The maximum absolute atomic E-state index is 12.4. The molecule has 1 N–H and O–H groups in total. The van der Waals surface area contributed by atoms with E-state index in [0.717, 1.165) is 65.2 Å². The third kappa shape index (κ3) is 6.08. The normalized spacial score (nSPS) is 23.0. The molecule has 0 radical (unpaired) electrons. The third-order valence-corrected chi connectivity index (χ3v) is 5.71. The van der Waals surface area contributed by atoms with Gasteiger partial charge in [-0.25, -0.2) is 0 Å². The Morgan fingerprint density at radius 2 is 1.77 bits per heavy atom. The highest BCUT2D eigenvalue weighted by molar-refractivity contribution is 5.78. The predicted octanol–water partition coefficient (Wildman–Crippen LogP) is 1.45. The SMILES string of the molecule is CCN1CCN(CC(=O)NC2CCCN(CCc3ccccc3)C2)CC1. The second kappa shape index (κ2) is 10.0. The van der Waals surface area contributed by atoms with Crippen LogP contribution in [-0.2, 0) is 11.2 Å². The molecule has 5 heteroatoms. The molecule has 1 aromatic carbocycles.